The molecule has 11 heavy (non-hydrogen) atoms. The van der Waals surface area contributed by atoms with Gasteiger partial charge in [0.25, 0.3) is 0 Å². The van der Waals surface area contributed by atoms with Crippen molar-refractivity contribution in [3.05, 3.63) is 37.0 Å². The maximum Gasteiger partial charge on any atom is 0.0319 e. The van der Waals surface area contributed by atoms with Crippen molar-refractivity contribution in [2.75, 3.05) is 7.11 Å². The van der Waals surface area contributed by atoms with Crippen molar-refractivity contribution in [1.82, 2.24) is 0 Å². The van der Waals surface area contributed by atoms with E-state index in [2.05, 4.69) is 27.0 Å². The van der Waals surface area contributed by atoms with Gasteiger partial charge in [0.1, 0.15) is 0 Å². The minimum atomic E-state index is 0.543. The molecule has 0 aliphatic rings. The van der Waals surface area contributed by atoms with Crippen LogP contribution in [0.5, 0.6) is 0 Å². The predicted octanol–water partition coefficient (Wildman–Crippen LogP) is 2.55. The lowest BCUT2D eigenvalue weighted by Gasteiger charge is -2.00. The molecule has 1 nitrogen and oxygen atoms in total. The van der Waals surface area contributed by atoms with Gasteiger partial charge in [0.2, 0.25) is 0 Å². The van der Waals surface area contributed by atoms with Crippen molar-refractivity contribution >= 4 is 0 Å². The minimum absolute atomic E-state index is 0.543. The number of allylic oxidation sites excluding steroid dienone is 4. The summed E-state index contributed by atoms with van der Waals surface area (Å²) in [6, 6.07) is 0. The van der Waals surface area contributed by atoms with Crippen LogP contribution in [0.2, 0.25) is 0 Å². The van der Waals surface area contributed by atoms with Crippen LogP contribution < -0.4 is 0 Å². The van der Waals surface area contributed by atoms with Gasteiger partial charge in [0, 0.05) is 7.11 Å². The molecule has 0 bridgehead atoms. The Bertz CT molecular complexity index is 132. The zero-order valence-corrected chi connectivity index (χ0v) is 7.67. The molecule has 0 amide bonds. The SMILES string of the molecule is C=C/C=C\C(=C)C(C)C.CO. The Labute approximate surface area is 69.8 Å². The second-order valence-corrected chi connectivity index (χ2v) is 2.32. The zero-order valence-electron chi connectivity index (χ0n) is 7.67. The Balaban J connectivity index is 0. The molecule has 0 fully saturated rings. The van der Waals surface area contributed by atoms with E-state index in [9.17, 15) is 0 Å². The summed E-state index contributed by atoms with van der Waals surface area (Å²) in [5.41, 5.74) is 1.15. The van der Waals surface area contributed by atoms with Gasteiger partial charge < -0.3 is 5.11 Å². The van der Waals surface area contributed by atoms with Crippen LogP contribution in [0.3, 0.4) is 0 Å². The van der Waals surface area contributed by atoms with E-state index < -0.39 is 0 Å². The van der Waals surface area contributed by atoms with Crippen LogP contribution in [-0.4, -0.2) is 12.2 Å². The fraction of sp³-hybridized carbons (Fsp3) is 0.400. The van der Waals surface area contributed by atoms with Gasteiger partial charge in [-0.15, -0.1) is 0 Å². The zero-order chi connectivity index (χ0) is 9.28. The summed E-state index contributed by atoms with van der Waals surface area (Å²) in [6.07, 6.45) is 5.65. The molecule has 1 heteroatoms. The number of hydrogen-bond acceptors (Lipinski definition) is 1. The second-order valence-electron chi connectivity index (χ2n) is 2.32. The van der Waals surface area contributed by atoms with Gasteiger partial charge in [-0.2, -0.15) is 0 Å². The van der Waals surface area contributed by atoms with Gasteiger partial charge in [-0.3, -0.25) is 0 Å². The third-order valence-electron chi connectivity index (χ3n) is 1.19. The number of aliphatic hydroxyl groups is 1. The summed E-state index contributed by atoms with van der Waals surface area (Å²) >= 11 is 0. The van der Waals surface area contributed by atoms with E-state index in [4.69, 9.17) is 5.11 Å². The van der Waals surface area contributed by atoms with Gasteiger partial charge >= 0.3 is 0 Å². The highest BCUT2D eigenvalue weighted by molar-refractivity contribution is 5.19. The third kappa shape index (κ3) is 9.18. The van der Waals surface area contributed by atoms with E-state index in [-0.39, 0.29) is 0 Å². The Hall–Kier alpha value is -0.820. The molecule has 0 saturated carbocycles. The lowest BCUT2D eigenvalue weighted by Crippen LogP contribution is -1.86. The van der Waals surface area contributed by atoms with E-state index in [1.54, 1.807) is 6.08 Å². The summed E-state index contributed by atoms with van der Waals surface area (Å²) < 4.78 is 0. The second kappa shape index (κ2) is 9.18. The molecule has 0 unspecified atom stereocenters. The molecule has 0 aromatic carbocycles. The molecule has 0 saturated heterocycles. The molecule has 0 radical (unpaired) electrons. The molecule has 0 aliphatic heterocycles. The first kappa shape index (κ1) is 12.8. The number of rotatable bonds is 3. The molecule has 0 heterocycles. The van der Waals surface area contributed by atoms with Crippen LogP contribution in [0.1, 0.15) is 13.8 Å². The summed E-state index contributed by atoms with van der Waals surface area (Å²) in [4.78, 5) is 0. The first-order valence-corrected chi connectivity index (χ1v) is 3.61. The molecule has 0 rings (SSSR count). The predicted molar refractivity (Wildman–Crippen MR) is 51.5 cm³/mol. The first-order valence-electron chi connectivity index (χ1n) is 3.61. The van der Waals surface area contributed by atoms with Crippen molar-refractivity contribution in [3.8, 4) is 0 Å². The average molecular weight is 154 g/mol. The standard InChI is InChI=1S/C9H14.CH4O/c1-5-6-7-9(4)8(2)3;1-2/h5-8H,1,4H2,2-3H3;2H,1H3/b7-6-;. The van der Waals surface area contributed by atoms with Crippen molar-refractivity contribution < 1.29 is 5.11 Å². The summed E-state index contributed by atoms with van der Waals surface area (Å²) in [5.74, 6) is 0.543. The van der Waals surface area contributed by atoms with Crippen LogP contribution >= 0.6 is 0 Å². The van der Waals surface area contributed by atoms with Crippen molar-refractivity contribution in [2.24, 2.45) is 5.92 Å². The van der Waals surface area contributed by atoms with Crippen molar-refractivity contribution in [1.29, 1.82) is 0 Å². The van der Waals surface area contributed by atoms with Crippen LogP contribution in [-0.2, 0) is 0 Å². The molecule has 0 aliphatic carbocycles. The lowest BCUT2D eigenvalue weighted by molar-refractivity contribution is 0.399. The highest BCUT2D eigenvalue weighted by atomic mass is 16.2. The topological polar surface area (TPSA) is 20.2 Å². The summed E-state index contributed by atoms with van der Waals surface area (Å²) in [7, 11) is 1.00. The van der Waals surface area contributed by atoms with E-state index in [1.807, 2.05) is 12.2 Å². The summed E-state index contributed by atoms with van der Waals surface area (Å²) in [6.45, 7) is 11.7. The van der Waals surface area contributed by atoms with Gasteiger partial charge in [-0.25, -0.2) is 0 Å². The molecule has 64 valence electrons. The molecule has 1 N–H and O–H groups in total. The smallest absolute Gasteiger partial charge is 0.0319 e. The van der Waals surface area contributed by atoms with Gasteiger partial charge in [-0.1, -0.05) is 50.8 Å². The van der Waals surface area contributed by atoms with E-state index >= 15 is 0 Å². The molecule has 0 spiro atoms. The number of aliphatic hydroxyl groups excluding tert-OH is 1. The monoisotopic (exact) mass is 154 g/mol. The summed E-state index contributed by atoms with van der Waals surface area (Å²) in [5, 5.41) is 7.00. The Morgan fingerprint density at radius 2 is 1.82 bits per heavy atom. The Kier molecular flexibility index (Phi) is 10.7. The molecule has 0 aromatic rings. The van der Waals surface area contributed by atoms with E-state index in [0.717, 1.165) is 12.7 Å². The fourth-order valence-electron chi connectivity index (χ4n) is 0.384. The van der Waals surface area contributed by atoms with Crippen LogP contribution in [0, 0.1) is 5.92 Å². The maximum atomic E-state index is 7.00. The molecule has 0 atom stereocenters. The highest BCUT2D eigenvalue weighted by Gasteiger charge is 1.91. The highest BCUT2D eigenvalue weighted by Crippen LogP contribution is 2.06. The maximum absolute atomic E-state index is 7.00. The van der Waals surface area contributed by atoms with Crippen molar-refractivity contribution in [3.63, 3.8) is 0 Å². The Morgan fingerprint density at radius 3 is 2.09 bits per heavy atom. The fourth-order valence-corrected chi connectivity index (χ4v) is 0.384. The molecular formula is C10H18O. The van der Waals surface area contributed by atoms with Crippen molar-refractivity contribution in [2.45, 2.75) is 13.8 Å². The third-order valence-corrected chi connectivity index (χ3v) is 1.19. The average Bonchev–Trinajstić information content (AvgIpc) is 2.03. The van der Waals surface area contributed by atoms with Gasteiger partial charge in [0.15, 0.2) is 0 Å². The molecular weight excluding hydrogens is 136 g/mol. The Morgan fingerprint density at radius 1 is 1.36 bits per heavy atom. The van der Waals surface area contributed by atoms with Crippen LogP contribution in [0.4, 0.5) is 0 Å². The lowest BCUT2D eigenvalue weighted by atomic mass is 10.1. The van der Waals surface area contributed by atoms with E-state index in [1.165, 1.54) is 0 Å². The first-order chi connectivity index (χ1) is 5.18. The number of hydrogen-bond donors (Lipinski definition) is 1. The van der Waals surface area contributed by atoms with Crippen LogP contribution in [0.25, 0.3) is 0 Å². The minimum Gasteiger partial charge on any atom is -0.400 e. The largest absolute Gasteiger partial charge is 0.400 e. The normalized spacial score (nSPS) is 9.18. The van der Waals surface area contributed by atoms with Gasteiger partial charge in [0.05, 0.1) is 0 Å². The van der Waals surface area contributed by atoms with Gasteiger partial charge in [-0.05, 0) is 5.92 Å². The quantitative estimate of drug-likeness (QED) is 0.619. The molecule has 0 aromatic heterocycles. The van der Waals surface area contributed by atoms with Crippen LogP contribution in [0.15, 0.2) is 37.0 Å². The van der Waals surface area contributed by atoms with E-state index in [0.29, 0.717) is 5.92 Å².